The van der Waals surface area contributed by atoms with Crippen molar-refractivity contribution in [1.82, 2.24) is 24.8 Å². The molecule has 0 bridgehead atoms. The highest BCUT2D eigenvalue weighted by Gasteiger charge is 2.27. The van der Waals surface area contributed by atoms with Gasteiger partial charge in [0.2, 0.25) is 0 Å². The van der Waals surface area contributed by atoms with Crippen molar-refractivity contribution in [1.29, 1.82) is 0 Å². The van der Waals surface area contributed by atoms with Crippen LogP contribution in [0.1, 0.15) is 31.1 Å². The Hall–Kier alpha value is -2.05. The van der Waals surface area contributed by atoms with E-state index in [9.17, 15) is 0 Å². The van der Waals surface area contributed by atoms with E-state index in [0.29, 0.717) is 0 Å². The first kappa shape index (κ1) is 18.7. The van der Waals surface area contributed by atoms with E-state index in [2.05, 4.69) is 69.7 Å². The third kappa shape index (κ3) is 4.19. The standard InChI is InChI=1S/C20H30N6/c1-16-22-17(14-19(23-16)26-12-10-24(4)11-13-26)15-25(5)20(2,3)18-8-6-7-9-21-18/h6-9,14H,10-13,15H2,1-5H3. The molecule has 0 radical (unpaired) electrons. The van der Waals surface area contributed by atoms with E-state index in [-0.39, 0.29) is 5.54 Å². The number of hydrogen-bond donors (Lipinski definition) is 0. The van der Waals surface area contributed by atoms with Crippen LogP contribution in [-0.2, 0) is 12.1 Å². The molecule has 3 heterocycles. The summed E-state index contributed by atoms with van der Waals surface area (Å²) >= 11 is 0. The number of aryl methyl sites for hydroxylation is 1. The van der Waals surface area contributed by atoms with E-state index in [1.54, 1.807) is 0 Å². The molecule has 2 aromatic rings. The number of likely N-dealkylation sites (N-methyl/N-ethyl adjacent to an activating group) is 1. The van der Waals surface area contributed by atoms with Gasteiger partial charge in [-0.1, -0.05) is 6.07 Å². The SMILES string of the molecule is Cc1nc(CN(C)C(C)(C)c2ccccn2)cc(N2CCN(C)CC2)n1. The van der Waals surface area contributed by atoms with E-state index in [0.717, 1.165) is 55.8 Å². The van der Waals surface area contributed by atoms with E-state index in [1.165, 1.54) is 0 Å². The molecule has 0 N–H and O–H groups in total. The summed E-state index contributed by atoms with van der Waals surface area (Å²) in [5.41, 5.74) is 1.94. The molecule has 6 nitrogen and oxygen atoms in total. The van der Waals surface area contributed by atoms with Crippen molar-refractivity contribution in [3.05, 3.63) is 47.7 Å². The Morgan fingerprint density at radius 1 is 1.12 bits per heavy atom. The van der Waals surface area contributed by atoms with Crippen molar-refractivity contribution < 1.29 is 0 Å². The number of pyridine rings is 1. The van der Waals surface area contributed by atoms with Crippen LogP contribution in [0.5, 0.6) is 0 Å². The molecule has 2 aromatic heterocycles. The molecule has 0 atom stereocenters. The molecular formula is C20H30N6. The van der Waals surface area contributed by atoms with Gasteiger partial charge in [0.1, 0.15) is 11.6 Å². The van der Waals surface area contributed by atoms with Crippen LogP contribution in [0.25, 0.3) is 0 Å². The van der Waals surface area contributed by atoms with Gasteiger partial charge < -0.3 is 9.80 Å². The first-order chi connectivity index (χ1) is 12.4. The molecule has 1 saturated heterocycles. The van der Waals surface area contributed by atoms with Crippen LogP contribution >= 0.6 is 0 Å². The minimum atomic E-state index is -0.173. The summed E-state index contributed by atoms with van der Waals surface area (Å²) in [4.78, 5) is 20.9. The van der Waals surface area contributed by atoms with Crippen molar-refractivity contribution >= 4 is 5.82 Å². The second kappa shape index (κ2) is 7.68. The molecule has 0 aliphatic carbocycles. The van der Waals surface area contributed by atoms with Crippen LogP contribution in [-0.4, -0.2) is 65.0 Å². The Balaban J connectivity index is 1.77. The van der Waals surface area contributed by atoms with Gasteiger partial charge in [-0.15, -0.1) is 0 Å². The fraction of sp³-hybridized carbons (Fsp3) is 0.550. The maximum atomic E-state index is 4.68. The number of piperazine rings is 1. The highest BCUT2D eigenvalue weighted by molar-refractivity contribution is 5.40. The van der Waals surface area contributed by atoms with Gasteiger partial charge in [0, 0.05) is 45.0 Å². The van der Waals surface area contributed by atoms with Gasteiger partial charge in [-0.25, -0.2) is 9.97 Å². The molecule has 1 aliphatic rings. The Labute approximate surface area is 156 Å². The molecule has 0 amide bonds. The number of aromatic nitrogens is 3. The molecule has 0 saturated carbocycles. The second-order valence-corrected chi connectivity index (χ2v) is 7.69. The average molecular weight is 355 g/mol. The Morgan fingerprint density at radius 2 is 1.85 bits per heavy atom. The van der Waals surface area contributed by atoms with Crippen LogP contribution < -0.4 is 4.90 Å². The van der Waals surface area contributed by atoms with Gasteiger partial charge in [-0.3, -0.25) is 9.88 Å². The van der Waals surface area contributed by atoms with Crippen molar-refractivity contribution in [2.45, 2.75) is 32.9 Å². The Morgan fingerprint density at radius 3 is 2.50 bits per heavy atom. The number of nitrogens with zero attached hydrogens (tertiary/aromatic N) is 6. The Kier molecular flexibility index (Phi) is 5.53. The summed E-state index contributed by atoms with van der Waals surface area (Å²) in [6.07, 6.45) is 1.85. The lowest BCUT2D eigenvalue weighted by Gasteiger charge is -2.35. The summed E-state index contributed by atoms with van der Waals surface area (Å²) < 4.78 is 0. The fourth-order valence-electron chi connectivity index (χ4n) is 3.25. The largest absolute Gasteiger partial charge is 0.354 e. The third-order valence-corrected chi connectivity index (χ3v) is 5.35. The van der Waals surface area contributed by atoms with Crippen LogP contribution in [0.15, 0.2) is 30.5 Å². The quantitative estimate of drug-likeness (QED) is 0.821. The maximum absolute atomic E-state index is 4.68. The fourth-order valence-corrected chi connectivity index (χ4v) is 3.25. The van der Waals surface area contributed by atoms with Gasteiger partial charge in [-0.2, -0.15) is 0 Å². The molecule has 0 spiro atoms. The van der Waals surface area contributed by atoms with Crippen LogP contribution in [0.3, 0.4) is 0 Å². The smallest absolute Gasteiger partial charge is 0.132 e. The predicted molar refractivity (Wildman–Crippen MR) is 105 cm³/mol. The minimum Gasteiger partial charge on any atom is -0.354 e. The highest BCUT2D eigenvalue weighted by Crippen LogP contribution is 2.26. The predicted octanol–water partition coefficient (Wildman–Crippen LogP) is 2.30. The molecule has 0 unspecified atom stereocenters. The molecule has 140 valence electrons. The number of hydrogen-bond acceptors (Lipinski definition) is 6. The van der Waals surface area contributed by atoms with Crippen molar-refractivity contribution in [3.63, 3.8) is 0 Å². The summed E-state index contributed by atoms with van der Waals surface area (Å²) in [5, 5.41) is 0. The normalized spacial score (nSPS) is 16.3. The molecule has 1 aliphatic heterocycles. The molecule has 6 heteroatoms. The topological polar surface area (TPSA) is 48.4 Å². The average Bonchev–Trinajstić information content (AvgIpc) is 2.62. The highest BCUT2D eigenvalue weighted by atomic mass is 15.3. The molecular weight excluding hydrogens is 324 g/mol. The van der Waals surface area contributed by atoms with E-state index in [4.69, 9.17) is 0 Å². The van der Waals surface area contributed by atoms with Gasteiger partial charge in [0.15, 0.2) is 0 Å². The first-order valence-corrected chi connectivity index (χ1v) is 9.27. The van der Waals surface area contributed by atoms with Crippen LogP contribution in [0.2, 0.25) is 0 Å². The van der Waals surface area contributed by atoms with Crippen molar-refractivity contribution in [3.8, 4) is 0 Å². The summed E-state index contributed by atoms with van der Waals surface area (Å²) in [6.45, 7) is 11.3. The molecule has 26 heavy (non-hydrogen) atoms. The van der Waals surface area contributed by atoms with E-state index < -0.39 is 0 Å². The zero-order valence-electron chi connectivity index (χ0n) is 16.6. The Bertz CT molecular complexity index is 722. The lowest BCUT2D eigenvalue weighted by atomic mass is 9.97. The maximum Gasteiger partial charge on any atom is 0.132 e. The zero-order chi connectivity index (χ0) is 18.7. The lowest BCUT2D eigenvalue weighted by molar-refractivity contribution is 0.141. The molecule has 0 aromatic carbocycles. The van der Waals surface area contributed by atoms with Gasteiger partial charge >= 0.3 is 0 Å². The second-order valence-electron chi connectivity index (χ2n) is 7.69. The number of rotatable bonds is 5. The third-order valence-electron chi connectivity index (χ3n) is 5.35. The first-order valence-electron chi connectivity index (χ1n) is 9.27. The minimum absolute atomic E-state index is 0.173. The zero-order valence-corrected chi connectivity index (χ0v) is 16.6. The van der Waals surface area contributed by atoms with E-state index in [1.807, 2.05) is 25.3 Å². The van der Waals surface area contributed by atoms with E-state index >= 15 is 0 Å². The van der Waals surface area contributed by atoms with Gasteiger partial charge in [0.05, 0.1) is 16.9 Å². The molecule has 1 fully saturated rings. The van der Waals surface area contributed by atoms with Crippen LogP contribution in [0, 0.1) is 6.92 Å². The monoisotopic (exact) mass is 354 g/mol. The van der Waals surface area contributed by atoms with Crippen LogP contribution in [0.4, 0.5) is 5.82 Å². The summed E-state index contributed by atoms with van der Waals surface area (Å²) in [5.74, 6) is 1.88. The molecule has 3 rings (SSSR count). The van der Waals surface area contributed by atoms with Crippen molar-refractivity contribution in [2.24, 2.45) is 0 Å². The lowest BCUT2D eigenvalue weighted by Crippen LogP contribution is -2.45. The number of anilines is 1. The summed E-state index contributed by atoms with van der Waals surface area (Å²) in [6, 6.07) is 8.22. The van der Waals surface area contributed by atoms with Crippen molar-refractivity contribution in [2.75, 3.05) is 45.2 Å². The van der Waals surface area contributed by atoms with Gasteiger partial charge in [0.25, 0.3) is 0 Å². The summed E-state index contributed by atoms with van der Waals surface area (Å²) in [7, 11) is 4.30. The van der Waals surface area contributed by atoms with Gasteiger partial charge in [-0.05, 0) is 47.0 Å².